The first-order valence-corrected chi connectivity index (χ1v) is 10.7. The summed E-state index contributed by atoms with van der Waals surface area (Å²) in [4.78, 5) is 42.5. The van der Waals surface area contributed by atoms with Gasteiger partial charge >= 0.3 is 0 Å². The molecule has 3 aliphatic heterocycles. The number of nitrogens with one attached hydrogen (secondary N) is 1. The molecule has 29 heavy (non-hydrogen) atoms. The Balaban J connectivity index is 1.35. The SMILES string of the molecule is CC1CCN(C(=O)C2CC[NH+]([C@H]3CC(=O)N(c4ccc(F)cc4)C3=O)CC2)CC1. The Morgan fingerprint density at radius 3 is 2.28 bits per heavy atom. The van der Waals surface area contributed by atoms with Crippen molar-refractivity contribution in [3.8, 4) is 0 Å². The van der Waals surface area contributed by atoms with E-state index in [4.69, 9.17) is 0 Å². The molecule has 0 spiro atoms. The van der Waals surface area contributed by atoms with Crippen molar-refractivity contribution in [3.63, 3.8) is 0 Å². The second-order valence-electron chi connectivity index (χ2n) is 8.74. The Hall–Kier alpha value is -2.28. The monoisotopic (exact) mass is 402 g/mol. The van der Waals surface area contributed by atoms with E-state index in [1.165, 1.54) is 29.2 Å². The number of carbonyl (C=O) groups is 3. The molecule has 0 radical (unpaired) electrons. The largest absolute Gasteiger partial charge is 0.342 e. The van der Waals surface area contributed by atoms with Gasteiger partial charge in [0.05, 0.1) is 25.2 Å². The molecule has 0 aliphatic carbocycles. The molecule has 0 saturated carbocycles. The van der Waals surface area contributed by atoms with Crippen LogP contribution in [-0.4, -0.2) is 54.8 Å². The average molecular weight is 402 g/mol. The number of quaternary nitrogens is 1. The Kier molecular flexibility index (Phi) is 5.67. The van der Waals surface area contributed by atoms with E-state index in [0.29, 0.717) is 11.6 Å². The highest BCUT2D eigenvalue weighted by atomic mass is 19.1. The van der Waals surface area contributed by atoms with Gasteiger partial charge in [0.25, 0.3) is 5.91 Å². The maximum Gasteiger partial charge on any atom is 0.292 e. The number of likely N-dealkylation sites (tertiary alicyclic amines) is 2. The van der Waals surface area contributed by atoms with Crippen LogP contribution >= 0.6 is 0 Å². The quantitative estimate of drug-likeness (QED) is 0.768. The molecule has 1 aromatic carbocycles. The molecule has 6 nitrogen and oxygen atoms in total. The molecule has 1 aromatic rings. The summed E-state index contributed by atoms with van der Waals surface area (Å²) < 4.78 is 13.2. The minimum absolute atomic E-state index is 0.0348. The summed E-state index contributed by atoms with van der Waals surface area (Å²) in [7, 11) is 0. The number of amides is 3. The third-order valence-electron chi connectivity index (χ3n) is 6.80. The highest BCUT2D eigenvalue weighted by Gasteiger charge is 2.47. The normalized spacial score (nSPS) is 28.8. The van der Waals surface area contributed by atoms with E-state index in [1.807, 2.05) is 4.90 Å². The number of anilines is 1. The molecule has 7 heteroatoms. The molecule has 1 atom stereocenters. The first kappa shape index (κ1) is 20.0. The summed E-state index contributed by atoms with van der Waals surface area (Å²) in [5.74, 6) is 0.140. The van der Waals surface area contributed by atoms with Gasteiger partial charge in [-0.3, -0.25) is 14.4 Å². The summed E-state index contributed by atoms with van der Waals surface area (Å²) >= 11 is 0. The van der Waals surface area contributed by atoms with Gasteiger partial charge < -0.3 is 9.80 Å². The van der Waals surface area contributed by atoms with E-state index in [2.05, 4.69) is 6.92 Å². The molecule has 4 rings (SSSR count). The van der Waals surface area contributed by atoms with Gasteiger partial charge in [0.2, 0.25) is 11.8 Å². The zero-order valence-electron chi connectivity index (χ0n) is 16.9. The molecule has 3 aliphatic rings. The summed E-state index contributed by atoms with van der Waals surface area (Å²) in [6.07, 6.45) is 3.85. The van der Waals surface area contributed by atoms with Crippen LogP contribution in [0.25, 0.3) is 0 Å². The molecule has 0 unspecified atom stereocenters. The lowest BCUT2D eigenvalue weighted by atomic mass is 9.92. The third-order valence-corrected chi connectivity index (χ3v) is 6.80. The molecule has 0 aromatic heterocycles. The minimum atomic E-state index is -0.403. The van der Waals surface area contributed by atoms with Crippen molar-refractivity contribution in [1.82, 2.24) is 4.90 Å². The number of carbonyl (C=O) groups excluding carboxylic acids is 3. The van der Waals surface area contributed by atoms with Crippen LogP contribution in [0.1, 0.15) is 39.0 Å². The van der Waals surface area contributed by atoms with Crippen LogP contribution in [0.5, 0.6) is 0 Å². The predicted molar refractivity (Wildman–Crippen MR) is 106 cm³/mol. The number of imide groups is 1. The van der Waals surface area contributed by atoms with Crippen molar-refractivity contribution < 1.29 is 23.7 Å². The molecule has 156 valence electrons. The number of nitrogens with zero attached hydrogens (tertiary/aromatic N) is 2. The fourth-order valence-electron chi connectivity index (χ4n) is 4.88. The molecule has 3 saturated heterocycles. The molecule has 1 N–H and O–H groups in total. The van der Waals surface area contributed by atoms with Crippen molar-refractivity contribution in [3.05, 3.63) is 30.1 Å². The van der Waals surface area contributed by atoms with E-state index in [1.54, 1.807) is 0 Å². The van der Waals surface area contributed by atoms with Crippen molar-refractivity contribution in [1.29, 1.82) is 0 Å². The third kappa shape index (κ3) is 4.06. The van der Waals surface area contributed by atoms with Gasteiger partial charge in [0, 0.05) is 31.8 Å². The second-order valence-corrected chi connectivity index (χ2v) is 8.74. The zero-order valence-corrected chi connectivity index (χ0v) is 16.9. The molecular weight excluding hydrogens is 373 g/mol. The number of hydrogen-bond donors (Lipinski definition) is 1. The lowest BCUT2D eigenvalue weighted by Gasteiger charge is -2.36. The average Bonchev–Trinajstić information content (AvgIpc) is 3.03. The number of benzene rings is 1. The van der Waals surface area contributed by atoms with Crippen molar-refractivity contribution in [2.45, 2.75) is 45.1 Å². The Labute approximate surface area is 170 Å². The van der Waals surface area contributed by atoms with Crippen LogP contribution in [0, 0.1) is 17.7 Å². The van der Waals surface area contributed by atoms with Crippen LogP contribution in [0.2, 0.25) is 0 Å². The standard InChI is InChI=1S/C22H28FN3O3/c1-15-6-10-25(11-7-15)21(28)16-8-12-24(13-9-16)19-14-20(27)26(22(19)29)18-4-2-17(23)3-5-18/h2-5,15-16,19H,6-14H2,1H3/p+1/t19-/m0/s1. The zero-order chi connectivity index (χ0) is 20.5. The molecular formula is C22H29FN3O3+. The number of halogens is 1. The maximum absolute atomic E-state index is 13.2. The Bertz CT molecular complexity index is 781. The van der Waals surface area contributed by atoms with Crippen LogP contribution in [0.3, 0.4) is 0 Å². The van der Waals surface area contributed by atoms with E-state index >= 15 is 0 Å². The fraction of sp³-hybridized carbons (Fsp3) is 0.591. The van der Waals surface area contributed by atoms with Crippen molar-refractivity contribution in [2.75, 3.05) is 31.1 Å². The lowest BCUT2D eigenvalue weighted by molar-refractivity contribution is -0.920. The fourth-order valence-corrected chi connectivity index (χ4v) is 4.88. The van der Waals surface area contributed by atoms with E-state index in [-0.39, 0.29) is 30.1 Å². The van der Waals surface area contributed by atoms with Gasteiger partial charge in [-0.05, 0) is 43.0 Å². The predicted octanol–water partition coefficient (Wildman–Crippen LogP) is 1.01. The molecule has 3 heterocycles. The molecule has 3 amide bonds. The number of rotatable bonds is 3. The van der Waals surface area contributed by atoms with Gasteiger partial charge in [0.1, 0.15) is 5.82 Å². The van der Waals surface area contributed by atoms with Gasteiger partial charge in [0.15, 0.2) is 6.04 Å². The van der Waals surface area contributed by atoms with Crippen LogP contribution in [-0.2, 0) is 14.4 Å². The first-order valence-electron chi connectivity index (χ1n) is 10.7. The van der Waals surface area contributed by atoms with E-state index in [0.717, 1.165) is 56.8 Å². The number of piperidine rings is 2. The highest BCUT2D eigenvalue weighted by Crippen LogP contribution is 2.24. The summed E-state index contributed by atoms with van der Waals surface area (Å²) in [6, 6.07) is 5.04. The highest BCUT2D eigenvalue weighted by molar-refractivity contribution is 6.21. The molecule has 3 fully saturated rings. The summed E-state index contributed by atoms with van der Waals surface area (Å²) in [6.45, 7) is 5.40. The van der Waals surface area contributed by atoms with E-state index < -0.39 is 11.9 Å². The first-order chi connectivity index (χ1) is 13.9. The minimum Gasteiger partial charge on any atom is -0.342 e. The maximum atomic E-state index is 13.2. The topological polar surface area (TPSA) is 62.1 Å². The van der Waals surface area contributed by atoms with Gasteiger partial charge in [-0.1, -0.05) is 6.92 Å². The second kappa shape index (κ2) is 8.22. The van der Waals surface area contributed by atoms with Crippen LogP contribution < -0.4 is 9.80 Å². The number of hydrogen-bond acceptors (Lipinski definition) is 3. The lowest BCUT2D eigenvalue weighted by Crippen LogP contribution is -3.17. The van der Waals surface area contributed by atoms with Gasteiger partial charge in [-0.15, -0.1) is 0 Å². The van der Waals surface area contributed by atoms with Crippen LogP contribution in [0.4, 0.5) is 10.1 Å². The van der Waals surface area contributed by atoms with Gasteiger partial charge in [-0.25, -0.2) is 9.29 Å². The summed E-state index contributed by atoms with van der Waals surface area (Å²) in [5.41, 5.74) is 0.424. The Morgan fingerprint density at radius 1 is 1.03 bits per heavy atom. The Morgan fingerprint density at radius 2 is 1.66 bits per heavy atom. The van der Waals surface area contributed by atoms with Crippen molar-refractivity contribution >= 4 is 23.4 Å². The van der Waals surface area contributed by atoms with E-state index in [9.17, 15) is 18.8 Å². The molecule has 0 bridgehead atoms. The smallest absolute Gasteiger partial charge is 0.292 e. The summed E-state index contributed by atoms with van der Waals surface area (Å²) in [5, 5.41) is 0. The van der Waals surface area contributed by atoms with Crippen LogP contribution in [0.15, 0.2) is 24.3 Å². The van der Waals surface area contributed by atoms with Crippen molar-refractivity contribution in [2.24, 2.45) is 11.8 Å². The van der Waals surface area contributed by atoms with Gasteiger partial charge in [-0.2, -0.15) is 0 Å².